The molecule has 150 valence electrons. The first kappa shape index (κ1) is 20.7. The zero-order valence-corrected chi connectivity index (χ0v) is 20.3. The molecule has 1 heterocycles. The molecule has 0 saturated heterocycles. The highest BCUT2D eigenvalue weighted by Gasteiger charge is 2.13. The molecule has 0 spiro atoms. The molecule has 0 saturated carbocycles. The fourth-order valence-corrected chi connectivity index (χ4v) is 5.03. The van der Waals surface area contributed by atoms with Gasteiger partial charge in [0.2, 0.25) is 0 Å². The molecule has 29 heavy (non-hydrogen) atoms. The minimum atomic E-state index is 0.795. The monoisotopic (exact) mass is 511 g/mol. The first-order valence-corrected chi connectivity index (χ1v) is 12.2. The summed E-state index contributed by atoms with van der Waals surface area (Å²) in [5, 5.41) is 2.54. The summed E-state index contributed by atoms with van der Waals surface area (Å²) in [7, 11) is 0. The molecule has 1 atom stereocenters. The molecule has 0 amide bonds. The number of hydrogen-bond donors (Lipinski definition) is 0. The standard InChI is InChI=1S/C26H27Br2N/c1-3-5-6-18(4-2)15-19-7-11-22(12-8-19)29-25-13-9-20(27)16-23(25)24-17-21(28)10-14-26(24)29/h7-14,16-18H,3-6,15H2,1-2H3. The molecular formula is C26H27Br2N. The van der Waals surface area contributed by atoms with Gasteiger partial charge in [-0.3, -0.25) is 0 Å². The summed E-state index contributed by atoms with van der Waals surface area (Å²) in [6.07, 6.45) is 6.41. The fourth-order valence-electron chi connectivity index (χ4n) is 4.30. The van der Waals surface area contributed by atoms with E-state index in [1.807, 2.05) is 0 Å². The number of hydrogen-bond acceptors (Lipinski definition) is 0. The number of nitrogens with zero attached hydrogens (tertiary/aromatic N) is 1. The number of rotatable bonds is 7. The predicted molar refractivity (Wildman–Crippen MR) is 133 cm³/mol. The highest BCUT2D eigenvalue weighted by molar-refractivity contribution is 9.10. The van der Waals surface area contributed by atoms with Gasteiger partial charge >= 0.3 is 0 Å². The summed E-state index contributed by atoms with van der Waals surface area (Å²) < 4.78 is 4.59. The molecular weight excluding hydrogens is 486 g/mol. The van der Waals surface area contributed by atoms with Crippen LogP contribution in [0.2, 0.25) is 0 Å². The van der Waals surface area contributed by atoms with E-state index in [9.17, 15) is 0 Å². The van der Waals surface area contributed by atoms with Gasteiger partial charge in [0.1, 0.15) is 0 Å². The number of unbranched alkanes of at least 4 members (excludes halogenated alkanes) is 1. The first-order chi connectivity index (χ1) is 14.1. The van der Waals surface area contributed by atoms with Crippen LogP contribution in [-0.2, 0) is 6.42 Å². The van der Waals surface area contributed by atoms with Crippen LogP contribution in [0.25, 0.3) is 27.5 Å². The number of aromatic nitrogens is 1. The third-order valence-corrected chi connectivity index (χ3v) is 6.94. The summed E-state index contributed by atoms with van der Waals surface area (Å²) >= 11 is 7.28. The minimum Gasteiger partial charge on any atom is -0.309 e. The predicted octanol–water partition coefficient (Wildman–Crippen LogP) is 9.07. The van der Waals surface area contributed by atoms with E-state index in [-0.39, 0.29) is 0 Å². The Morgan fingerprint density at radius 2 is 1.38 bits per heavy atom. The summed E-state index contributed by atoms with van der Waals surface area (Å²) in [4.78, 5) is 0. The van der Waals surface area contributed by atoms with Gasteiger partial charge < -0.3 is 4.57 Å². The number of fused-ring (bicyclic) bond motifs is 3. The van der Waals surface area contributed by atoms with E-state index in [0.29, 0.717) is 0 Å². The van der Waals surface area contributed by atoms with E-state index < -0.39 is 0 Å². The smallest absolute Gasteiger partial charge is 0.0541 e. The molecule has 1 nitrogen and oxygen atoms in total. The van der Waals surface area contributed by atoms with E-state index in [0.717, 1.165) is 14.9 Å². The quantitative estimate of drug-likeness (QED) is 0.232. The van der Waals surface area contributed by atoms with Crippen molar-refractivity contribution < 1.29 is 0 Å². The Bertz CT molecular complexity index is 1070. The molecule has 0 fully saturated rings. The van der Waals surface area contributed by atoms with Crippen molar-refractivity contribution in [2.24, 2.45) is 5.92 Å². The maximum Gasteiger partial charge on any atom is 0.0541 e. The van der Waals surface area contributed by atoms with E-state index in [1.54, 1.807) is 0 Å². The van der Waals surface area contributed by atoms with Crippen LogP contribution in [0.1, 0.15) is 45.1 Å². The van der Waals surface area contributed by atoms with Crippen molar-refractivity contribution in [2.75, 3.05) is 0 Å². The third kappa shape index (κ3) is 4.32. The van der Waals surface area contributed by atoms with Gasteiger partial charge in [0.15, 0.2) is 0 Å². The fraction of sp³-hybridized carbons (Fsp3) is 0.308. The molecule has 0 N–H and O–H groups in total. The van der Waals surface area contributed by atoms with Crippen molar-refractivity contribution in [1.29, 1.82) is 0 Å². The van der Waals surface area contributed by atoms with E-state index in [2.05, 4.69) is 111 Å². The Labute approximate surface area is 190 Å². The van der Waals surface area contributed by atoms with Crippen LogP contribution in [-0.4, -0.2) is 4.57 Å². The Morgan fingerprint density at radius 1 is 0.793 bits per heavy atom. The Morgan fingerprint density at radius 3 is 1.90 bits per heavy atom. The van der Waals surface area contributed by atoms with Crippen molar-refractivity contribution in [2.45, 2.75) is 46.0 Å². The van der Waals surface area contributed by atoms with Crippen molar-refractivity contribution >= 4 is 53.7 Å². The molecule has 0 bridgehead atoms. The van der Waals surface area contributed by atoms with Gasteiger partial charge in [-0.2, -0.15) is 0 Å². The maximum atomic E-state index is 3.64. The molecule has 3 aromatic carbocycles. The normalized spacial score (nSPS) is 12.7. The first-order valence-electron chi connectivity index (χ1n) is 10.6. The second-order valence-corrected chi connectivity index (χ2v) is 9.78. The lowest BCUT2D eigenvalue weighted by Crippen LogP contribution is -2.03. The Hall–Kier alpha value is -1.58. The second-order valence-electron chi connectivity index (χ2n) is 7.95. The van der Waals surface area contributed by atoms with Crippen molar-refractivity contribution in [1.82, 2.24) is 4.57 Å². The lowest BCUT2D eigenvalue weighted by molar-refractivity contribution is 0.449. The van der Waals surface area contributed by atoms with Crippen LogP contribution in [0.4, 0.5) is 0 Å². The van der Waals surface area contributed by atoms with E-state index in [1.165, 1.54) is 65.2 Å². The summed E-state index contributed by atoms with van der Waals surface area (Å²) in [5.41, 5.74) is 5.15. The van der Waals surface area contributed by atoms with Gasteiger partial charge in [0.25, 0.3) is 0 Å². The van der Waals surface area contributed by atoms with Gasteiger partial charge in [0.05, 0.1) is 11.0 Å². The van der Waals surface area contributed by atoms with Gasteiger partial charge in [-0.05, 0) is 66.4 Å². The lowest BCUT2D eigenvalue weighted by atomic mass is 9.92. The van der Waals surface area contributed by atoms with Crippen LogP contribution < -0.4 is 0 Å². The largest absolute Gasteiger partial charge is 0.309 e. The van der Waals surface area contributed by atoms with Crippen molar-refractivity contribution in [3.8, 4) is 5.69 Å². The second kappa shape index (κ2) is 9.06. The van der Waals surface area contributed by atoms with Crippen LogP contribution in [0.15, 0.2) is 69.6 Å². The topological polar surface area (TPSA) is 4.93 Å². The molecule has 0 aliphatic rings. The van der Waals surface area contributed by atoms with Crippen molar-refractivity contribution in [3.63, 3.8) is 0 Å². The van der Waals surface area contributed by atoms with Crippen LogP contribution in [0.3, 0.4) is 0 Å². The molecule has 0 radical (unpaired) electrons. The van der Waals surface area contributed by atoms with Crippen LogP contribution >= 0.6 is 31.9 Å². The van der Waals surface area contributed by atoms with Crippen LogP contribution in [0.5, 0.6) is 0 Å². The highest BCUT2D eigenvalue weighted by Crippen LogP contribution is 2.35. The molecule has 0 aliphatic carbocycles. The van der Waals surface area contributed by atoms with Crippen LogP contribution in [0, 0.1) is 5.92 Å². The van der Waals surface area contributed by atoms with E-state index >= 15 is 0 Å². The third-order valence-electron chi connectivity index (χ3n) is 5.95. The Balaban J connectivity index is 1.74. The highest BCUT2D eigenvalue weighted by atomic mass is 79.9. The minimum absolute atomic E-state index is 0.795. The van der Waals surface area contributed by atoms with Gasteiger partial charge in [-0.25, -0.2) is 0 Å². The summed E-state index contributed by atoms with van der Waals surface area (Å²) in [6, 6.07) is 22.3. The average Bonchev–Trinajstić information content (AvgIpc) is 3.04. The zero-order chi connectivity index (χ0) is 20.4. The maximum absolute atomic E-state index is 3.64. The molecule has 0 aliphatic heterocycles. The summed E-state index contributed by atoms with van der Waals surface area (Å²) in [6.45, 7) is 4.60. The van der Waals surface area contributed by atoms with Gasteiger partial charge in [-0.1, -0.05) is 83.5 Å². The zero-order valence-electron chi connectivity index (χ0n) is 17.1. The van der Waals surface area contributed by atoms with Gasteiger partial charge in [-0.15, -0.1) is 0 Å². The average molecular weight is 513 g/mol. The molecule has 1 aromatic heterocycles. The molecule has 1 unspecified atom stereocenters. The van der Waals surface area contributed by atoms with E-state index in [4.69, 9.17) is 0 Å². The molecule has 4 rings (SSSR count). The SMILES string of the molecule is CCCCC(CC)Cc1ccc(-n2c3ccc(Br)cc3c3cc(Br)ccc32)cc1. The lowest BCUT2D eigenvalue weighted by Gasteiger charge is -2.15. The molecule has 4 aromatic rings. The Kier molecular flexibility index (Phi) is 6.46. The molecule has 3 heteroatoms. The van der Waals surface area contributed by atoms with Crippen molar-refractivity contribution in [3.05, 3.63) is 75.2 Å². The number of benzene rings is 3. The van der Waals surface area contributed by atoms with Gasteiger partial charge in [0, 0.05) is 25.4 Å². The number of halogens is 2. The summed E-state index contributed by atoms with van der Waals surface area (Å²) in [5.74, 6) is 0.795.